The van der Waals surface area contributed by atoms with E-state index in [9.17, 15) is 24.0 Å². The van der Waals surface area contributed by atoms with Gasteiger partial charge < -0.3 is 34.8 Å². The molecule has 0 unspecified atom stereocenters. The van der Waals surface area contributed by atoms with E-state index in [4.69, 9.17) is 9.47 Å². The molecule has 50 heavy (non-hydrogen) atoms. The second kappa shape index (κ2) is 17.3. The number of aryl methyl sites for hydroxylation is 2. The molecule has 0 radical (unpaired) electrons. The highest BCUT2D eigenvalue weighted by atomic mass is 16.5. The molecule has 0 aliphatic carbocycles. The molecule has 0 bridgehead atoms. The Balaban J connectivity index is 1.47. The van der Waals surface area contributed by atoms with Gasteiger partial charge in [-0.25, -0.2) is 4.79 Å². The molecule has 0 atom stereocenters. The van der Waals surface area contributed by atoms with Crippen LogP contribution in [0, 0.1) is 13.8 Å². The lowest BCUT2D eigenvalue weighted by Crippen LogP contribution is -2.46. The number of rotatable bonds is 13. The summed E-state index contributed by atoms with van der Waals surface area (Å²) in [5.74, 6) is -1.34. The first-order valence-electron chi connectivity index (χ1n) is 15.8. The maximum atomic E-state index is 13.6. The van der Waals surface area contributed by atoms with Crippen molar-refractivity contribution in [3.8, 4) is 5.75 Å². The van der Waals surface area contributed by atoms with Crippen LogP contribution in [-0.2, 0) is 30.3 Å². The van der Waals surface area contributed by atoms with Gasteiger partial charge in [-0.2, -0.15) is 0 Å². The zero-order chi connectivity index (χ0) is 36.2. The molecule has 0 saturated carbocycles. The minimum Gasteiger partial charge on any atom is -0.484 e. The Hall–Kier alpha value is -6.17. The lowest BCUT2D eigenvalue weighted by atomic mass is 10.1. The number of benzene rings is 4. The Morgan fingerprint density at radius 1 is 0.680 bits per heavy atom. The third-order valence-electron chi connectivity index (χ3n) is 7.73. The third-order valence-corrected chi connectivity index (χ3v) is 7.73. The van der Waals surface area contributed by atoms with Crippen molar-refractivity contribution in [2.45, 2.75) is 20.3 Å². The van der Waals surface area contributed by atoms with Gasteiger partial charge in [0, 0.05) is 42.9 Å². The molecule has 4 aromatic carbocycles. The maximum Gasteiger partial charge on any atom is 0.319 e. The highest BCUT2D eigenvalue weighted by molar-refractivity contribution is 6.05. The van der Waals surface area contributed by atoms with Gasteiger partial charge in [-0.3, -0.25) is 19.2 Å². The molecule has 0 aliphatic heterocycles. The zero-order valence-corrected chi connectivity index (χ0v) is 28.8. The zero-order valence-electron chi connectivity index (χ0n) is 28.8. The number of para-hydroxylation sites is 1. The van der Waals surface area contributed by atoms with E-state index in [1.165, 1.54) is 21.8 Å². The summed E-state index contributed by atoms with van der Waals surface area (Å²) in [6, 6.07) is 27.3. The quantitative estimate of drug-likeness (QED) is 0.192. The van der Waals surface area contributed by atoms with E-state index in [2.05, 4.69) is 10.6 Å². The summed E-state index contributed by atoms with van der Waals surface area (Å²) in [6.45, 7) is 2.86. The topological polar surface area (TPSA) is 138 Å². The Bertz CT molecular complexity index is 1830. The third kappa shape index (κ3) is 10.4. The summed E-state index contributed by atoms with van der Waals surface area (Å²) in [7, 11) is 4.58. The smallest absolute Gasteiger partial charge is 0.319 e. The Labute approximate surface area is 291 Å². The molecule has 5 amide bonds. The Kier molecular flexibility index (Phi) is 12.7. The van der Waals surface area contributed by atoms with Crippen LogP contribution in [0.1, 0.15) is 16.7 Å². The molecule has 4 aromatic rings. The number of nitrogens with one attached hydrogen (secondary N) is 2. The highest BCUT2D eigenvalue weighted by Crippen LogP contribution is 2.23. The molecule has 0 spiro atoms. The van der Waals surface area contributed by atoms with Crippen molar-refractivity contribution in [3.05, 3.63) is 114 Å². The average molecular weight is 680 g/mol. The van der Waals surface area contributed by atoms with Crippen LogP contribution < -0.4 is 30.1 Å². The molecule has 0 aliphatic rings. The van der Waals surface area contributed by atoms with Crippen molar-refractivity contribution in [2.75, 3.05) is 60.9 Å². The highest BCUT2D eigenvalue weighted by Gasteiger charge is 2.23. The average Bonchev–Trinajstić information content (AvgIpc) is 3.11. The van der Waals surface area contributed by atoms with Gasteiger partial charge in [0.15, 0.2) is 6.61 Å². The normalized spacial score (nSPS) is 10.4. The van der Waals surface area contributed by atoms with E-state index < -0.39 is 24.5 Å². The number of likely N-dealkylation sites (N-methyl/N-ethyl adjacent to an activating group) is 2. The summed E-state index contributed by atoms with van der Waals surface area (Å²) in [4.78, 5) is 68.7. The van der Waals surface area contributed by atoms with E-state index in [0.29, 0.717) is 28.4 Å². The monoisotopic (exact) mass is 679 g/mol. The first-order valence-corrected chi connectivity index (χ1v) is 15.8. The summed E-state index contributed by atoms with van der Waals surface area (Å²) in [5.41, 5.74) is 4.82. The number of carbonyl (C=O) groups excluding carboxylic acids is 5. The molecule has 0 aromatic heterocycles. The van der Waals surface area contributed by atoms with Crippen molar-refractivity contribution < 1.29 is 33.4 Å². The first-order chi connectivity index (χ1) is 23.9. The molecule has 4 rings (SSSR count). The lowest BCUT2D eigenvalue weighted by Gasteiger charge is -2.26. The lowest BCUT2D eigenvalue weighted by molar-refractivity contribution is -0.139. The van der Waals surface area contributed by atoms with E-state index in [-0.39, 0.29) is 31.4 Å². The SMILES string of the molecule is COC(=O)Cc1cccc(NC(=O)NCC(=O)N(CC(=O)N(C)c2ccccc2)c2cccc(OCC(=O)N(C)c3cc(C)cc(C)c3)c2)c1. The molecule has 12 nitrogen and oxygen atoms in total. The second-order valence-electron chi connectivity index (χ2n) is 11.6. The molecular formula is C38H41N5O7. The number of hydrogen-bond donors (Lipinski definition) is 2. The summed E-state index contributed by atoms with van der Waals surface area (Å²) in [6.07, 6.45) is 0.0343. The van der Waals surface area contributed by atoms with Gasteiger partial charge in [-0.05, 0) is 79.1 Å². The first kappa shape index (κ1) is 36.7. The number of urea groups is 1. The summed E-state index contributed by atoms with van der Waals surface area (Å²) >= 11 is 0. The van der Waals surface area contributed by atoms with Gasteiger partial charge in [0.25, 0.3) is 5.91 Å². The minimum absolute atomic E-state index is 0.0343. The second-order valence-corrected chi connectivity index (χ2v) is 11.6. The van der Waals surface area contributed by atoms with E-state index in [0.717, 1.165) is 16.8 Å². The number of hydrogen-bond acceptors (Lipinski definition) is 7. The van der Waals surface area contributed by atoms with Crippen molar-refractivity contribution in [1.29, 1.82) is 0 Å². The number of nitrogens with zero attached hydrogens (tertiary/aromatic N) is 3. The van der Waals surface area contributed by atoms with Crippen LogP contribution in [0.5, 0.6) is 5.75 Å². The number of anilines is 4. The van der Waals surface area contributed by atoms with Crippen molar-refractivity contribution in [1.82, 2.24) is 5.32 Å². The van der Waals surface area contributed by atoms with Crippen LogP contribution in [0.2, 0.25) is 0 Å². The van der Waals surface area contributed by atoms with Gasteiger partial charge in [0.05, 0.1) is 20.1 Å². The van der Waals surface area contributed by atoms with E-state index in [1.54, 1.807) is 86.9 Å². The predicted molar refractivity (Wildman–Crippen MR) is 193 cm³/mol. The summed E-state index contributed by atoms with van der Waals surface area (Å²) in [5, 5.41) is 5.19. The van der Waals surface area contributed by atoms with Gasteiger partial charge in [0.2, 0.25) is 11.8 Å². The number of amides is 5. The number of esters is 1. The van der Waals surface area contributed by atoms with Crippen molar-refractivity contribution >= 4 is 52.5 Å². The Morgan fingerprint density at radius 2 is 1.34 bits per heavy atom. The molecule has 0 saturated heterocycles. The van der Waals surface area contributed by atoms with Gasteiger partial charge >= 0.3 is 12.0 Å². The standard InChI is InChI=1S/C38H41N5O7/c1-26-17-27(2)19-32(18-26)42(4)36(46)25-50-33-16-10-15-31(22-33)43(24-35(45)41(3)30-13-7-6-8-14-30)34(44)23-39-38(48)40-29-12-9-11-28(20-29)21-37(47)49-5/h6-20,22H,21,23-25H2,1-5H3,(H2,39,40,48). The fourth-order valence-electron chi connectivity index (χ4n) is 5.06. The van der Waals surface area contributed by atoms with Crippen LogP contribution in [0.3, 0.4) is 0 Å². The molecule has 260 valence electrons. The minimum atomic E-state index is -0.662. The molecule has 0 heterocycles. The van der Waals surface area contributed by atoms with Crippen LogP contribution >= 0.6 is 0 Å². The molecule has 12 heteroatoms. The van der Waals surface area contributed by atoms with Crippen LogP contribution in [0.25, 0.3) is 0 Å². The number of carbonyl (C=O) groups is 5. The maximum absolute atomic E-state index is 13.6. The van der Waals surface area contributed by atoms with E-state index >= 15 is 0 Å². The van der Waals surface area contributed by atoms with Crippen LogP contribution in [0.15, 0.2) is 97.1 Å². The van der Waals surface area contributed by atoms with Gasteiger partial charge in [-0.15, -0.1) is 0 Å². The number of methoxy groups -OCH3 is 1. The number of ether oxygens (including phenoxy) is 2. The van der Waals surface area contributed by atoms with Crippen molar-refractivity contribution in [3.63, 3.8) is 0 Å². The van der Waals surface area contributed by atoms with Gasteiger partial charge in [-0.1, -0.05) is 42.5 Å². The van der Waals surface area contributed by atoms with E-state index in [1.807, 2.05) is 38.1 Å². The summed E-state index contributed by atoms with van der Waals surface area (Å²) < 4.78 is 10.5. The largest absolute Gasteiger partial charge is 0.484 e. The molecule has 0 fully saturated rings. The van der Waals surface area contributed by atoms with Gasteiger partial charge in [0.1, 0.15) is 12.3 Å². The fourth-order valence-corrected chi connectivity index (χ4v) is 5.06. The van der Waals surface area contributed by atoms with Crippen LogP contribution in [-0.4, -0.2) is 70.6 Å². The van der Waals surface area contributed by atoms with Crippen molar-refractivity contribution in [2.24, 2.45) is 0 Å². The molecule has 2 N–H and O–H groups in total. The fraction of sp³-hybridized carbons (Fsp3) is 0.237. The van der Waals surface area contributed by atoms with Crippen LogP contribution in [0.4, 0.5) is 27.5 Å². The molecular weight excluding hydrogens is 638 g/mol. The predicted octanol–water partition coefficient (Wildman–Crippen LogP) is 4.88. The Morgan fingerprint density at radius 3 is 2.04 bits per heavy atom.